The zero-order valence-corrected chi connectivity index (χ0v) is 8.61. The molecule has 0 aliphatic carbocycles. The lowest BCUT2D eigenvalue weighted by molar-refractivity contribution is 0.122. The van der Waals surface area contributed by atoms with Crippen LogP contribution in [0.4, 0.5) is 10.2 Å². The van der Waals surface area contributed by atoms with E-state index in [9.17, 15) is 4.39 Å². The SMILES string of the molecule is N=C(N)c1ncc(F)c(N2CCOCC2)n1. The number of anilines is 1. The topological polar surface area (TPSA) is 88.1 Å². The van der Waals surface area contributed by atoms with Crippen molar-refractivity contribution >= 4 is 11.7 Å². The second-order valence-electron chi connectivity index (χ2n) is 3.38. The van der Waals surface area contributed by atoms with Gasteiger partial charge >= 0.3 is 0 Å². The van der Waals surface area contributed by atoms with E-state index < -0.39 is 5.82 Å². The molecule has 6 nitrogen and oxygen atoms in total. The monoisotopic (exact) mass is 225 g/mol. The van der Waals surface area contributed by atoms with Crippen molar-refractivity contribution < 1.29 is 9.13 Å². The third-order valence-corrected chi connectivity index (χ3v) is 2.28. The Kier molecular flexibility index (Phi) is 2.95. The molecule has 0 aromatic carbocycles. The quantitative estimate of drug-likeness (QED) is 0.534. The minimum Gasteiger partial charge on any atom is -0.381 e. The largest absolute Gasteiger partial charge is 0.381 e. The lowest BCUT2D eigenvalue weighted by atomic mass is 10.4. The van der Waals surface area contributed by atoms with Crippen LogP contribution in [0.5, 0.6) is 0 Å². The highest BCUT2D eigenvalue weighted by Gasteiger charge is 2.18. The van der Waals surface area contributed by atoms with Gasteiger partial charge in [-0.3, -0.25) is 5.41 Å². The van der Waals surface area contributed by atoms with Crippen LogP contribution in [0, 0.1) is 11.2 Å². The summed E-state index contributed by atoms with van der Waals surface area (Å²) in [6.07, 6.45) is 1.04. The van der Waals surface area contributed by atoms with Gasteiger partial charge in [0.1, 0.15) is 0 Å². The van der Waals surface area contributed by atoms with Crippen LogP contribution in [0.15, 0.2) is 6.20 Å². The van der Waals surface area contributed by atoms with Crippen LogP contribution in [0.2, 0.25) is 0 Å². The average Bonchev–Trinajstić information content (AvgIpc) is 2.30. The molecule has 1 aliphatic heterocycles. The van der Waals surface area contributed by atoms with Crippen LogP contribution in [0.1, 0.15) is 5.82 Å². The van der Waals surface area contributed by atoms with E-state index in [0.717, 1.165) is 6.20 Å². The molecule has 1 aliphatic rings. The molecule has 0 radical (unpaired) electrons. The van der Waals surface area contributed by atoms with Crippen molar-refractivity contribution in [3.05, 3.63) is 17.8 Å². The summed E-state index contributed by atoms with van der Waals surface area (Å²) in [7, 11) is 0. The van der Waals surface area contributed by atoms with Gasteiger partial charge in [0.05, 0.1) is 19.4 Å². The van der Waals surface area contributed by atoms with Crippen LogP contribution in [-0.4, -0.2) is 42.1 Å². The number of nitrogens with two attached hydrogens (primary N) is 1. The van der Waals surface area contributed by atoms with E-state index in [1.54, 1.807) is 4.90 Å². The number of ether oxygens (including phenoxy) is 1. The maximum Gasteiger partial charge on any atom is 0.196 e. The van der Waals surface area contributed by atoms with Crippen LogP contribution in [0.25, 0.3) is 0 Å². The molecular formula is C9H12FN5O. The highest BCUT2D eigenvalue weighted by Crippen LogP contribution is 2.16. The molecule has 0 bridgehead atoms. The van der Waals surface area contributed by atoms with Gasteiger partial charge in [0, 0.05) is 13.1 Å². The van der Waals surface area contributed by atoms with Gasteiger partial charge in [-0.1, -0.05) is 0 Å². The van der Waals surface area contributed by atoms with Crippen LogP contribution in [-0.2, 0) is 4.74 Å². The summed E-state index contributed by atoms with van der Waals surface area (Å²) in [5, 5.41) is 7.20. The normalized spacial score (nSPS) is 16.2. The third-order valence-electron chi connectivity index (χ3n) is 2.28. The van der Waals surface area contributed by atoms with Gasteiger partial charge in [0.2, 0.25) is 0 Å². The number of hydrogen-bond donors (Lipinski definition) is 2. The predicted molar refractivity (Wildman–Crippen MR) is 56.0 cm³/mol. The molecule has 0 atom stereocenters. The van der Waals surface area contributed by atoms with E-state index in [1.165, 1.54) is 0 Å². The van der Waals surface area contributed by atoms with Crippen molar-refractivity contribution in [2.45, 2.75) is 0 Å². The molecule has 86 valence electrons. The molecule has 1 aromatic rings. The molecule has 3 N–H and O–H groups in total. The summed E-state index contributed by atoms with van der Waals surface area (Å²) in [6.45, 7) is 2.23. The van der Waals surface area contributed by atoms with Crippen molar-refractivity contribution in [3.63, 3.8) is 0 Å². The first-order valence-electron chi connectivity index (χ1n) is 4.88. The maximum atomic E-state index is 13.5. The second-order valence-corrected chi connectivity index (χ2v) is 3.38. The van der Waals surface area contributed by atoms with Crippen molar-refractivity contribution in [2.75, 3.05) is 31.2 Å². The number of aromatic nitrogens is 2. The zero-order chi connectivity index (χ0) is 11.5. The summed E-state index contributed by atoms with van der Waals surface area (Å²) in [5.41, 5.74) is 5.25. The number of morpholine rings is 1. The number of nitrogen functional groups attached to an aromatic ring is 1. The molecule has 7 heteroatoms. The van der Waals surface area contributed by atoms with Crippen molar-refractivity contribution in [3.8, 4) is 0 Å². The molecule has 0 spiro atoms. The molecule has 1 fully saturated rings. The first-order chi connectivity index (χ1) is 7.68. The van der Waals surface area contributed by atoms with Crippen molar-refractivity contribution in [1.29, 1.82) is 5.41 Å². The third kappa shape index (κ3) is 2.08. The van der Waals surface area contributed by atoms with Crippen LogP contribution >= 0.6 is 0 Å². The molecule has 2 heterocycles. The molecule has 2 rings (SSSR count). The van der Waals surface area contributed by atoms with Gasteiger partial charge in [-0.2, -0.15) is 0 Å². The van der Waals surface area contributed by atoms with E-state index in [1.807, 2.05) is 0 Å². The lowest BCUT2D eigenvalue weighted by Gasteiger charge is -2.27. The highest BCUT2D eigenvalue weighted by molar-refractivity contribution is 5.91. The van der Waals surface area contributed by atoms with E-state index in [4.69, 9.17) is 15.9 Å². The van der Waals surface area contributed by atoms with Gasteiger partial charge < -0.3 is 15.4 Å². The fraction of sp³-hybridized carbons (Fsp3) is 0.444. The van der Waals surface area contributed by atoms with Gasteiger partial charge in [-0.05, 0) is 0 Å². The second kappa shape index (κ2) is 4.40. The fourth-order valence-corrected chi connectivity index (χ4v) is 1.48. The summed E-state index contributed by atoms with van der Waals surface area (Å²) >= 11 is 0. The summed E-state index contributed by atoms with van der Waals surface area (Å²) in [6, 6.07) is 0. The van der Waals surface area contributed by atoms with Crippen molar-refractivity contribution in [2.24, 2.45) is 5.73 Å². The number of nitrogens with zero attached hydrogens (tertiary/aromatic N) is 3. The molecule has 1 saturated heterocycles. The highest BCUT2D eigenvalue weighted by atomic mass is 19.1. The Morgan fingerprint density at radius 1 is 1.50 bits per heavy atom. The minimum atomic E-state index is -0.507. The number of hydrogen-bond acceptors (Lipinski definition) is 5. The Balaban J connectivity index is 2.30. The van der Waals surface area contributed by atoms with Crippen LogP contribution in [0.3, 0.4) is 0 Å². The van der Waals surface area contributed by atoms with Gasteiger partial charge in [-0.25, -0.2) is 14.4 Å². The predicted octanol–water partition coefficient (Wildman–Crippen LogP) is -0.264. The first kappa shape index (κ1) is 10.7. The molecular weight excluding hydrogens is 213 g/mol. The summed E-state index contributed by atoms with van der Waals surface area (Å²) in [5.74, 6) is -0.548. The Morgan fingerprint density at radius 2 is 2.19 bits per heavy atom. The van der Waals surface area contributed by atoms with Gasteiger partial charge in [0.25, 0.3) is 0 Å². The van der Waals surface area contributed by atoms with Crippen LogP contribution < -0.4 is 10.6 Å². The van der Waals surface area contributed by atoms with Gasteiger partial charge in [-0.15, -0.1) is 0 Å². The number of nitrogens with one attached hydrogen (secondary N) is 1. The lowest BCUT2D eigenvalue weighted by Crippen LogP contribution is -2.37. The smallest absolute Gasteiger partial charge is 0.196 e. The summed E-state index contributed by atoms with van der Waals surface area (Å²) < 4.78 is 18.7. The fourth-order valence-electron chi connectivity index (χ4n) is 1.48. The van der Waals surface area contributed by atoms with E-state index in [0.29, 0.717) is 26.3 Å². The zero-order valence-electron chi connectivity index (χ0n) is 8.61. The minimum absolute atomic E-state index is 0.0443. The van der Waals surface area contributed by atoms with Crippen molar-refractivity contribution in [1.82, 2.24) is 9.97 Å². The number of rotatable bonds is 2. The standard InChI is InChI=1S/C9H12FN5O/c10-6-5-13-8(7(11)12)14-9(6)15-1-3-16-4-2-15/h5H,1-4H2,(H3,11,12). The number of amidine groups is 1. The first-order valence-corrected chi connectivity index (χ1v) is 4.88. The summed E-state index contributed by atoms with van der Waals surface area (Å²) in [4.78, 5) is 9.33. The van der Waals surface area contributed by atoms with E-state index in [-0.39, 0.29) is 17.5 Å². The molecule has 0 unspecified atom stereocenters. The Bertz CT molecular complexity index is 405. The Morgan fingerprint density at radius 3 is 2.81 bits per heavy atom. The van der Waals surface area contributed by atoms with Gasteiger partial charge in [0.15, 0.2) is 23.3 Å². The average molecular weight is 225 g/mol. The Labute approximate surface area is 91.8 Å². The van der Waals surface area contributed by atoms with E-state index >= 15 is 0 Å². The number of halogens is 1. The Hall–Kier alpha value is -1.76. The molecule has 16 heavy (non-hydrogen) atoms. The molecule has 0 amide bonds. The molecule has 1 aromatic heterocycles. The van der Waals surface area contributed by atoms with E-state index in [2.05, 4.69) is 9.97 Å². The molecule has 0 saturated carbocycles. The maximum absolute atomic E-state index is 13.5.